The van der Waals surface area contributed by atoms with Crippen LogP contribution in [0, 0.1) is 10.1 Å². The number of imidazole rings is 1. The van der Waals surface area contributed by atoms with Gasteiger partial charge < -0.3 is 10.1 Å². The molecule has 0 aliphatic rings. The molecular formula is C11H10N4O4. The predicted octanol–water partition coefficient (Wildman–Crippen LogP) is 1.88. The van der Waals surface area contributed by atoms with Crippen LogP contribution < -0.4 is 10.1 Å². The van der Waals surface area contributed by atoms with Crippen LogP contribution in [-0.2, 0) is 0 Å². The highest BCUT2D eigenvalue weighted by Crippen LogP contribution is 2.28. The molecule has 19 heavy (non-hydrogen) atoms. The zero-order valence-corrected chi connectivity index (χ0v) is 9.94. The van der Waals surface area contributed by atoms with E-state index < -0.39 is 11.0 Å². The molecule has 0 saturated heterocycles. The smallest absolute Gasteiger partial charge is 0.331 e. The maximum absolute atomic E-state index is 11.8. The van der Waals surface area contributed by atoms with Crippen LogP contribution in [0.5, 0.6) is 5.75 Å². The van der Waals surface area contributed by atoms with E-state index in [-0.39, 0.29) is 11.4 Å². The number of aromatic nitrogens is 2. The minimum atomic E-state index is -0.538. The normalized spacial score (nSPS) is 9.95. The van der Waals surface area contributed by atoms with Gasteiger partial charge >= 0.3 is 6.03 Å². The van der Waals surface area contributed by atoms with Crippen molar-refractivity contribution in [2.45, 2.75) is 0 Å². The maximum atomic E-state index is 11.8. The lowest BCUT2D eigenvalue weighted by atomic mass is 10.2. The second-order valence-corrected chi connectivity index (χ2v) is 3.54. The summed E-state index contributed by atoms with van der Waals surface area (Å²) in [5.74, 6) is 0.211. The Morgan fingerprint density at radius 1 is 1.53 bits per heavy atom. The van der Waals surface area contributed by atoms with Crippen molar-refractivity contribution in [1.29, 1.82) is 0 Å². The molecule has 8 heteroatoms. The molecule has 0 saturated carbocycles. The van der Waals surface area contributed by atoms with Crippen molar-refractivity contribution >= 4 is 17.4 Å². The number of ether oxygens (including phenoxy) is 1. The van der Waals surface area contributed by atoms with Gasteiger partial charge in [-0.05, 0) is 6.07 Å². The first-order valence-corrected chi connectivity index (χ1v) is 5.23. The van der Waals surface area contributed by atoms with Crippen molar-refractivity contribution in [2.75, 3.05) is 12.4 Å². The monoisotopic (exact) mass is 262 g/mol. The zero-order chi connectivity index (χ0) is 13.8. The number of methoxy groups -OCH3 is 1. The lowest BCUT2D eigenvalue weighted by molar-refractivity contribution is -0.384. The second-order valence-electron chi connectivity index (χ2n) is 3.54. The summed E-state index contributed by atoms with van der Waals surface area (Å²) < 4.78 is 6.25. The highest BCUT2D eigenvalue weighted by atomic mass is 16.6. The molecule has 2 aromatic rings. The van der Waals surface area contributed by atoms with Gasteiger partial charge in [-0.2, -0.15) is 0 Å². The average molecular weight is 262 g/mol. The summed E-state index contributed by atoms with van der Waals surface area (Å²) in [7, 11) is 1.37. The molecule has 1 amide bonds. The summed E-state index contributed by atoms with van der Waals surface area (Å²) in [6, 6.07) is 3.49. The maximum Gasteiger partial charge on any atom is 0.331 e. The van der Waals surface area contributed by atoms with E-state index in [1.165, 1.54) is 48.6 Å². The summed E-state index contributed by atoms with van der Waals surface area (Å²) in [4.78, 5) is 25.6. The molecule has 1 aromatic carbocycles. The van der Waals surface area contributed by atoms with Crippen LogP contribution in [0.15, 0.2) is 36.9 Å². The molecule has 0 aliphatic heterocycles. The quantitative estimate of drug-likeness (QED) is 0.672. The van der Waals surface area contributed by atoms with Crippen molar-refractivity contribution < 1.29 is 14.5 Å². The van der Waals surface area contributed by atoms with Crippen LogP contribution in [0.3, 0.4) is 0 Å². The number of benzene rings is 1. The Morgan fingerprint density at radius 2 is 2.32 bits per heavy atom. The second kappa shape index (κ2) is 5.17. The van der Waals surface area contributed by atoms with E-state index in [1.807, 2.05) is 0 Å². The predicted molar refractivity (Wildman–Crippen MR) is 66.3 cm³/mol. The first-order valence-electron chi connectivity index (χ1n) is 5.23. The molecule has 8 nitrogen and oxygen atoms in total. The number of nitro benzene ring substituents is 1. The van der Waals surface area contributed by atoms with Crippen LogP contribution in [0.1, 0.15) is 0 Å². The zero-order valence-electron chi connectivity index (χ0n) is 9.94. The minimum absolute atomic E-state index is 0.113. The lowest BCUT2D eigenvalue weighted by Crippen LogP contribution is -2.18. The van der Waals surface area contributed by atoms with Gasteiger partial charge in [0.25, 0.3) is 5.69 Å². The Morgan fingerprint density at radius 3 is 2.89 bits per heavy atom. The Kier molecular flexibility index (Phi) is 3.42. The van der Waals surface area contributed by atoms with Gasteiger partial charge in [-0.3, -0.25) is 14.7 Å². The van der Waals surface area contributed by atoms with Crippen molar-refractivity contribution in [3.05, 3.63) is 47.0 Å². The molecular weight excluding hydrogens is 252 g/mol. The van der Waals surface area contributed by atoms with Gasteiger partial charge in [0.2, 0.25) is 0 Å². The fraction of sp³-hybridized carbons (Fsp3) is 0.0909. The van der Waals surface area contributed by atoms with Gasteiger partial charge in [0.15, 0.2) is 0 Å². The SMILES string of the molecule is COc1cc([N+](=O)[O-])ccc1NC(=O)n1ccnc1. The van der Waals surface area contributed by atoms with E-state index in [9.17, 15) is 14.9 Å². The number of anilines is 1. The van der Waals surface area contributed by atoms with E-state index in [2.05, 4.69) is 10.3 Å². The Balaban J connectivity index is 2.25. The summed E-state index contributed by atoms with van der Waals surface area (Å²) in [5.41, 5.74) is 0.226. The summed E-state index contributed by atoms with van der Waals surface area (Å²) in [6.07, 6.45) is 4.28. The number of hydrogen-bond acceptors (Lipinski definition) is 5. The molecule has 0 spiro atoms. The molecule has 0 radical (unpaired) electrons. The molecule has 0 unspecified atom stereocenters. The number of nitro groups is 1. The van der Waals surface area contributed by atoms with Crippen molar-refractivity contribution in [1.82, 2.24) is 9.55 Å². The molecule has 0 bridgehead atoms. The number of amides is 1. The molecule has 98 valence electrons. The first kappa shape index (κ1) is 12.6. The van der Waals surface area contributed by atoms with Crippen molar-refractivity contribution in [3.63, 3.8) is 0 Å². The number of non-ortho nitro benzene ring substituents is 1. The van der Waals surface area contributed by atoms with Gasteiger partial charge in [0.1, 0.15) is 12.1 Å². The lowest BCUT2D eigenvalue weighted by Gasteiger charge is -2.09. The van der Waals surface area contributed by atoms with Crippen LogP contribution >= 0.6 is 0 Å². The number of nitrogens with zero attached hydrogens (tertiary/aromatic N) is 3. The molecule has 0 atom stereocenters. The number of rotatable bonds is 3. The van der Waals surface area contributed by atoms with E-state index in [4.69, 9.17) is 4.74 Å². The van der Waals surface area contributed by atoms with Gasteiger partial charge in [-0.25, -0.2) is 9.78 Å². The highest BCUT2D eigenvalue weighted by Gasteiger charge is 2.13. The highest BCUT2D eigenvalue weighted by molar-refractivity contribution is 5.92. The number of carbonyl (C=O) groups excluding carboxylic acids is 1. The largest absolute Gasteiger partial charge is 0.494 e. The van der Waals surface area contributed by atoms with Crippen molar-refractivity contribution in [3.8, 4) is 5.75 Å². The molecule has 1 N–H and O–H groups in total. The molecule has 2 rings (SSSR count). The summed E-state index contributed by atoms with van der Waals surface area (Å²) in [5, 5.41) is 13.2. The Labute approximate surface area is 107 Å². The van der Waals surface area contributed by atoms with E-state index in [1.54, 1.807) is 0 Å². The summed E-state index contributed by atoms with van der Waals surface area (Å²) in [6.45, 7) is 0. The standard InChI is InChI=1S/C11H10N4O4/c1-19-10-6-8(15(17)18)2-3-9(10)13-11(16)14-5-4-12-7-14/h2-7H,1H3,(H,13,16). The Bertz CT molecular complexity index is 609. The van der Waals surface area contributed by atoms with Gasteiger partial charge in [-0.15, -0.1) is 0 Å². The number of hydrogen-bond donors (Lipinski definition) is 1. The molecule has 0 aliphatic carbocycles. The van der Waals surface area contributed by atoms with Gasteiger partial charge in [-0.1, -0.05) is 0 Å². The fourth-order valence-corrected chi connectivity index (χ4v) is 1.46. The molecule has 0 fully saturated rings. The van der Waals surface area contributed by atoms with E-state index >= 15 is 0 Å². The van der Waals surface area contributed by atoms with Crippen molar-refractivity contribution in [2.24, 2.45) is 0 Å². The molecule has 1 heterocycles. The Hall–Kier alpha value is -2.90. The van der Waals surface area contributed by atoms with Crippen LogP contribution in [0.2, 0.25) is 0 Å². The summed E-state index contributed by atoms with van der Waals surface area (Å²) >= 11 is 0. The topological polar surface area (TPSA) is 99.3 Å². The van der Waals surface area contributed by atoms with Crippen LogP contribution in [0.4, 0.5) is 16.2 Å². The van der Waals surface area contributed by atoms with E-state index in [0.29, 0.717) is 5.69 Å². The van der Waals surface area contributed by atoms with E-state index in [0.717, 1.165) is 0 Å². The van der Waals surface area contributed by atoms with Gasteiger partial charge in [0.05, 0.1) is 23.8 Å². The average Bonchev–Trinajstić information content (AvgIpc) is 2.92. The third kappa shape index (κ3) is 2.68. The van der Waals surface area contributed by atoms with Crippen LogP contribution in [-0.4, -0.2) is 27.6 Å². The third-order valence-electron chi connectivity index (χ3n) is 2.38. The van der Waals surface area contributed by atoms with Gasteiger partial charge in [0, 0.05) is 18.5 Å². The number of nitrogens with one attached hydrogen (secondary N) is 1. The number of carbonyl (C=O) groups is 1. The minimum Gasteiger partial charge on any atom is -0.494 e. The van der Waals surface area contributed by atoms with Crippen LogP contribution in [0.25, 0.3) is 0 Å². The third-order valence-corrected chi connectivity index (χ3v) is 2.38. The fourth-order valence-electron chi connectivity index (χ4n) is 1.46. The first-order chi connectivity index (χ1) is 9.11. The molecule has 1 aromatic heterocycles.